The van der Waals surface area contributed by atoms with Crippen molar-refractivity contribution in [2.45, 2.75) is 12.5 Å². The minimum Gasteiger partial charge on any atom is -0.341 e. The van der Waals surface area contributed by atoms with Crippen molar-refractivity contribution in [3.05, 3.63) is 0 Å². The third-order valence-electron chi connectivity index (χ3n) is 1.73. The summed E-state index contributed by atoms with van der Waals surface area (Å²) in [7, 11) is 1.63. The van der Waals surface area contributed by atoms with Gasteiger partial charge in [0.05, 0.1) is 0 Å². The van der Waals surface area contributed by atoms with Crippen LogP contribution in [0, 0.1) is 0 Å². The molecule has 5 heteroatoms. The number of hydrogen-bond acceptors (Lipinski definition) is 2. The van der Waals surface area contributed by atoms with E-state index in [4.69, 9.17) is 5.73 Å². The van der Waals surface area contributed by atoms with Crippen LogP contribution in [0.1, 0.15) is 6.42 Å². The number of nitrogens with one attached hydrogen (secondary N) is 1. The Morgan fingerprint density at radius 2 is 2.36 bits per heavy atom. The van der Waals surface area contributed by atoms with Crippen molar-refractivity contribution >= 4 is 18.4 Å². The second-order valence-corrected chi connectivity index (χ2v) is 2.55. The van der Waals surface area contributed by atoms with Crippen LogP contribution >= 0.6 is 12.4 Å². The molecule has 3 N–H and O–H groups in total. The van der Waals surface area contributed by atoms with Gasteiger partial charge in [0.1, 0.15) is 0 Å². The van der Waals surface area contributed by atoms with Gasteiger partial charge in [-0.2, -0.15) is 0 Å². The van der Waals surface area contributed by atoms with Gasteiger partial charge in [0.2, 0.25) is 0 Å². The average molecular weight is 180 g/mol. The number of rotatable bonds is 0. The Kier molecular flexibility index (Phi) is 4.22. The fourth-order valence-corrected chi connectivity index (χ4v) is 1.13. The fourth-order valence-electron chi connectivity index (χ4n) is 1.13. The zero-order valence-corrected chi connectivity index (χ0v) is 7.36. The number of carbonyl (C=O) groups is 1. The van der Waals surface area contributed by atoms with E-state index in [9.17, 15) is 4.79 Å². The van der Waals surface area contributed by atoms with E-state index < -0.39 is 0 Å². The molecule has 0 unspecified atom stereocenters. The van der Waals surface area contributed by atoms with Gasteiger partial charge in [0.15, 0.2) is 0 Å². The molecule has 0 aliphatic carbocycles. The molecule has 0 aromatic carbocycles. The predicted molar refractivity (Wildman–Crippen MR) is 45.9 cm³/mol. The Labute approximate surface area is 72.5 Å². The summed E-state index contributed by atoms with van der Waals surface area (Å²) >= 11 is 0. The molecule has 1 saturated heterocycles. The highest BCUT2D eigenvalue weighted by molar-refractivity contribution is 5.85. The lowest BCUT2D eigenvalue weighted by atomic mass is 10.3. The normalized spacial score (nSPS) is 22.7. The summed E-state index contributed by atoms with van der Waals surface area (Å²) < 4.78 is 0. The van der Waals surface area contributed by atoms with Gasteiger partial charge in [-0.3, -0.25) is 0 Å². The zero-order chi connectivity index (χ0) is 7.56. The molecule has 0 radical (unpaired) electrons. The first-order valence-electron chi connectivity index (χ1n) is 3.46. The van der Waals surface area contributed by atoms with Gasteiger partial charge >= 0.3 is 6.03 Å². The summed E-state index contributed by atoms with van der Waals surface area (Å²) in [4.78, 5) is 12.6. The van der Waals surface area contributed by atoms with E-state index in [1.165, 1.54) is 0 Å². The number of nitrogens with two attached hydrogens (primary N) is 1. The summed E-state index contributed by atoms with van der Waals surface area (Å²) in [6.07, 6.45) is 0.924. The Hall–Kier alpha value is -0.480. The van der Waals surface area contributed by atoms with Gasteiger partial charge in [-0.25, -0.2) is 4.79 Å². The van der Waals surface area contributed by atoms with E-state index in [2.05, 4.69) is 5.32 Å². The third kappa shape index (κ3) is 2.55. The molecule has 11 heavy (non-hydrogen) atoms. The molecule has 0 saturated carbocycles. The lowest BCUT2D eigenvalue weighted by Gasteiger charge is -2.13. The lowest BCUT2D eigenvalue weighted by molar-refractivity contribution is 0.210. The van der Waals surface area contributed by atoms with E-state index >= 15 is 0 Å². The van der Waals surface area contributed by atoms with Crippen LogP contribution in [0.25, 0.3) is 0 Å². The first-order chi connectivity index (χ1) is 4.74. The molecule has 1 heterocycles. The van der Waals surface area contributed by atoms with Crippen LogP contribution in [0.3, 0.4) is 0 Å². The van der Waals surface area contributed by atoms with Crippen molar-refractivity contribution in [2.24, 2.45) is 5.73 Å². The number of halogens is 1. The summed E-state index contributed by atoms with van der Waals surface area (Å²) in [5.41, 5.74) is 5.60. The molecule has 1 aliphatic rings. The van der Waals surface area contributed by atoms with Crippen molar-refractivity contribution in [1.82, 2.24) is 10.2 Å². The second-order valence-electron chi connectivity index (χ2n) is 2.55. The Morgan fingerprint density at radius 1 is 1.73 bits per heavy atom. The third-order valence-corrected chi connectivity index (χ3v) is 1.73. The second kappa shape index (κ2) is 4.41. The van der Waals surface area contributed by atoms with E-state index in [0.717, 1.165) is 13.0 Å². The minimum atomic E-state index is -0.0204. The standard InChI is InChI=1S/C6H13N3O.ClH/c1-8-6(10)9-3-2-5(7)4-9;/h5H,2-4,7H2,1H3,(H,8,10);1H/t5-;/m0./s1. The molecular weight excluding hydrogens is 166 g/mol. The maximum atomic E-state index is 10.9. The van der Waals surface area contributed by atoms with E-state index in [-0.39, 0.29) is 24.5 Å². The van der Waals surface area contributed by atoms with Crippen LogP contribution < -0.4 is 11.1 Å². The Bertz CT molecular complexity index is 142. The highest BCUT2D eigenvalue weighted by atomic mass is 35.5. The van der Waals surface area contributed by atoms with Crippen LogP contribution in [-0.2, 0) is 0 Å². The molecule has 66 valence electrons. The lowest BCUT2D eigenvalue weighted by Crippen LogP contribution is -2.37. The van der Waals surface area contributed by atoms with Gasteiger partial charge in [0.25, 0.3) is 0 Å². The molecule has 1 atom stereocenters. The smallest absolute Gasteiger partial charge is 0.317 e. The maximum Gasteiger partial charge on any atom is 0.317 e. The van der Waals surface area contributed by atoms with Crippen molar-refractivity contribution in [3.63, 3.8) is 0 Å². The largest absolute Gasteiger partial charge is 0.341 e. The van der Waals surface area contributed by atoms with E-state index in [1.54, 1.807) is 11.9 Å². The number of hydrogen-bond donors (Lipinski definition) is 2. The number of urea groups is 1. The molecule has 0 aromatic heterocycles. The predicted octanol–water partition coefficient (Wildman–Crippen LogP) is -0.219. The van der Waals surface area contributed by atoms with Gasteiger partial charge in [-0.05, 0) is 6.42 Å². The van der Waals surface area contributed by atoms with Crippen LogP contribution in [0.5, 0.6) is 0 Å². The van der Waals surface area contributed by atoms with Crippen LogP contribution in [0.2, 0.25) is 0 Å². The quantitative estimate of drug-likeness (QED) is 0.540. The first-order valence-corrected chi connectivity index (χ1v) is 3.46. The van der Waals surface area contributed by atoms with Crippen LogP contribution in [-0.4, -0.2) is 37.1 Å². The summed E-state index contributed by atoms with van der Waals surface area (Å²) in [6, 6.07) is 0.158. The SMILES string of the molecule is CNC(=O)N1CC[C@H](N)C1.Cl. The Balaban J connectivity index is 0.000001000. The van der Waals surface area contributed by atoms with Crippen molar-refractivity contribution < 1.29 is 4.79 Å². The first kappa shape index (κ1) is 10.5. The number of amides is 2. The number of carbonyl (C=O) groups excluding carboxylic acids is 1. The van der Waals surface area contributed by atoms with E-state index in [1.807, 2.05) is 0 Å². The topological polar surface area (TPSA) is 58.4 Å². The molecule has 0 spiro atoms. The minimum absolute atomic E-state index is 0. The molecular formula is C6H14ClN3O. The number of nitrogens with zero attached hydrogens (tertiary/aromatic N) is 1. The summed E-state index contributed by atoms with van der Waals surface area (Å²) in [5, 5.41) is 2.56. The Morgan fingerprint density at radius 3 is 2.73 bits per heavy atom. The molecule has 4 nitrogen and oxygen atoms in total. The molecule has 2 amide bonds. The van der Waals surface area contributed by atoms with Gasteiger partial charge < -0.3 is 16.0 Å². The van der Waals surface area contributed by atoms with Gasteiger partial charge in [0, 0.05) is 26.2 Å². The van der Waals surface area contributed by atoms with E-state index in [0.29, 0.717) is 6.54 Å². The highest BCUT2D eigenvalue weighted by Gasteiger charge is 2.22. The van der Waals surface area contributed by atoms with Crippen molar-refractivity contribution in [2.75, 3.05) is 20.1 Å². The van der Waals surface area contributed by atoms with Crippen LogP contribution in [0.15, 0.2) is 0 Å². The van der Waals surface area contributed by atoms with Gasteiger partial charge in [-0.1, -0.05) is 0 Å². The van der Waals surface area contributed by atoms with Crippen LogP contribution in [0.4, 0.5) is 4.79 Å². The molecule has 0 bridgehead atoms. The van der Waals surface area contributed by atoms with Gasteiger partial charge in [-0.15, -0.1) is 12.4 Å². The van der Waals surface area contributed by atoms with Crippen molar-refractivity contribution in [1.29, 1.82) is 0 Å². The maximum absolute atomic E-state index is 10.9. The summed E-state index contributed by atoms with van der Waals surface area (Å²) in [6.45, 7) is 1.49. The molecule has 1 fully saturated rings. The highest BCUT2D eigenvalue weighted by Crippen LogP contribution is 2.05. The molecule has 1 aliphatic heterocycles. The average Bonchev–Trinajstić information content (AvgIpc) is 2.34. The zero-order valence-electron chi connectivity index (χ0n) is 6.54. The number of likely N-dealkylation sites (tertiary alicyclic amines) is 1. The van der Waals surface area contributed by atoms with Crippen molar-refractivity contribution in [3.8, 4) is 0 Å². The monoisotopic (exact) mass is 179 g/mol. The molecule has 0 aromatic rings. The summed E-state index contributed by atoms with van der Waals surface area (Å²) in [5.74, 6) is 0. The fraction of sp³-hybridized carbons (Fsp3) is 0.833. The molecule has 1 rings (SSSR count).